The molecule has 1 unspecified atom stereocenters. The van der Waals surface area contributed by atoms with E-state index in [0.717, 1.165) is 16.6 Å². The van der Waals surface area contributed by atoms with E-state index in [9.17, 15) is 10.2 Å². The second-order valence-electron chi connectivity index (χ2n) is 5.65. The molecule has 1 aliphatic carbocycles. The fraction of sp³-hybridized carbons (Fsp3) is 0.647. The van der Waals surface area contributed by atoms with Gasteiger partial charge in [-0.3, -0.25) is 0 Å². The van der Waals surface area contributed by atoms with E-state index in [1.807, 2.05) is 0 Å². The zero-order valence-corrected chi connectivity index (χ0v) is 13.9. The topological polar surface area (TPSA) is 66.5 Å². The molecule has 1 saturated carbocycles. The number of rotatable bonds is 8. The maximum absolute atomic E-state index is 10.1. The normalized spacial score (nSPS) is 19.6. The van der Waals surface area contributed by atoms with Crippen molar-refractivity contribution in [2.24, 2.45) is 11.7 Å². The van der Waals surface area contributed by atoms with Crippen molar-refractivity contribution < 1.29 is 10.2 Å². The lowest BCUT2D eigenvalue weighted by Gasteiger charge is -2.21. The molecule has 0 aromatic rings. The lowest BCUT2D eigenvalue weighted by Crippen LogP contribution is -2.17. The van der Waals surface area contributed by atoms with Crippen molar-refractivity contribution in [1.82, 2.24) is 0 Å². The van der Waals surface area contributed by atoms with Crippen molar-refractivity contribution >= 4 is 11.8 Å². The molecule has 1 fully saturated rings. The Morgan fingerprint density at radius 2 is 2.05 bits per heavy atom. The van der Waals surface area contributed by atoms with Gasteiger partial charge in [-0.2, -0.15) is 0 Å². The number of aliphatic hydroxyl groups is 2. The fourth-order valence-corrected chi connectivity index (χ4v) is 3.61. The van der Waals surface area contributed by atoms with Crippen LogP contribution < -0.4 is 5.73 Å². The molecule has 0 radical (unpaired) electrons. The van der Waals surface area contributed by atoms with Crippen molar-refractivity contribution in [3.05, 3.63) is 35.0 Å². The summed E-state index contributed by atoms with van der Waals surface area (Å²) in [6, 6.07) is 0. The number of aliphatic hydroxyl groups excluding tert-OH is 2. The molecule has 0 bridgehead atoms. The Balaban J connectivity index is 2.59. The lowest BCUT2D eigenvalue weighted by atomic mass is 9.91. The van der Waals surface area contributed by atoms with Gasteiger partial charge in [0.1, 0.15) is 5.76 Å². The average molecular weight is 311 g/mol. The Kier molecular flexibility index (Phi) is 8.81. The standard InChI is InChI=1S/C17H29NO2S/c1-3-16(19)15(17(20)9-10-18)11-13(2)21-12-14-7-5-4-6-8-14/h3,11,14,17,19-20H,2,4-10,12,18H2,1H3/b15-11+,16-3+. The molecule has 4 N–H and O–H groups in total. The number of allylic oxidation sites excluding steroid dienone is 2. The maximum atomic E-state index is 10.1. The van der Waals surface area contributed by atoms with Crippen LogP contribution in [0.25, 0.3) is 0 Å². The molecule has 21 heavy (non-hydrogen) atoms. The van der Waals surface area contributed by atoms with Gasteiger partial charge < -0.3 is 15.9 Å². The summed E-state index contributed by atoms with van der Waals surface area (Å²) in [5.41, 5.74) is 6.00. The highest BCUT2D eigenvalue weighted by atomic mass is 32.2. The van der Waals surface area contributed by atoms with Gasteiger partial charge in [0.15, 0.2) is 0 Å². The van der Waals surface area contributed by atoms with E-state index in [-0.39, 0.29) is 5.76 Å². The number of hydrogen-bond acceptors (Lipinski definition) is 4. The first-order valence-electron chi connectivity index (χ1n) is 7.85. The average Bonchev–Trinajstić information content (AvgIpc) is 2.51. The Labute approximate surface area is 133 Å². The van der Waals surface area contributed by atoms with Crippen molar-refractivity contribution in [3.8, 4) is 0 Å². The molecule has 4 heteroatoms. The third-order valence-corrected chi connectivity index (χ3v) is 5.04. The quantitative estimate of drug-likeness (QED) is 0.469. The summed E-state index contributed by atoms with van der Waals surface area (Å²) in [4.78, 5) is 0.889. The highest BCUT2D eigenvalue weighted by Crippen LogP contribution is 2.30. The Hall–Kier alpha value is -0.710. The summed E-state index contributed by atoms with van der Waals surface area (Å²) in [5.74, 6) is 1.96. The van der Waals surface area contributed by atoms with E-state index in [1.54, 1.807) is 30.8 Å². The van der Waals surface area contributed by atoms with Crippen LogP contribution in [0.4, 0.5) is 0 Å². The molecule has 0 saturated heterocycles. The molecule has 0 amide bonds. The van der Waals surface area contributed by atoms with Crippen LogP contribution in [0.3, 0.4) is 0 Å². The largest absolute Gasteiger partial charge is 0.508 e. The van der Waals surface area contributed by atoms with Crippen LogP contribution in [0.15, 0.2) is 35.0 Å². The highest BCUT2D eigenvalue weighted by molar-refractivity contribution is 8.03. The molecular formula is C17H29NO2S. The first-order chi connectivity index (χ1) is 10.1. The van der Waals surface area contributed by atoms with Gasteiger partial charge in [-0.05, 0) is 50.8 Å². The minimum Gasteiger partial charge on any atom is -0.508 e. The minimum atomic E-state index is -0.738. The van der Waals surface area contributed by atoms with Crippen LogP contribution in [0, 0.1) is 5.92 Å². The first-order valence-corrected chi connectivity index (χ1v) is 8.84. The zero-order valence-electron chi connectivity index (χ0n) is 13.1. The third kappa shape index (κ3) is 6.72. The molecule has 0 aliphatic heterocycles. The summed E-state index contributed by atoms with van der Waals surface area (Å²) < 4.78 is 0. The summed E-state index contributed by atoms with van der Waals surface area (Å²) in [6.45, 7) is 6.18. The highest BCUT2D eigenvalue weighted by Gasteiger charge is 2.16. The predicted octanol–water partition coefficient (Wildman–Crippen LogP) is 3.91. The first kappa shape index (κ1) is 18.3. The van der Waals surface area contributed by atoms with Gasteiger partial charge in [-0.25, -0.2) is 0 Å². The summed E-state index contributed by atoms with van der Waals surface area (Å²) in [6.07, 6.45) is 9.75. The van der Waals surface area contributed by atoms with Crippen LogP contribution in [-0.2, 0) is 0 Å². The lowest BCUT2D eigenvalue weighted by molar-refractivity contribution is 0.196. The van der Waals surface area contributed by atoms with Gasteiger partial charge >= 0.3 is 0 Å². The van der Waals surface area contributed by atoms with E-state index in [1.165, 1.54) is 32.1 Å². The van der Waals surface area contributed by atoms with Crippen LogP contribution >= 0.6 is 11.8 Å². The molecule has 1 atom stereocenters. The van der Waals surface area contributed by atoms with Crippen LogP contribution in [0.1, 0.15) is 45.4 Å². The Morgan fingerprint density at radius 3 is 2.62 bits per heavy atom. The van der Waals surface area contributed by atoms with Crippen LogP contribution in [-0.4, -0.2) is 28.6 Å². The molecule has 3 nitrogen and oxygen atoms in total. The molecular weight excluding hydrogens is 282 g/mol. The van der Waals surface area contributed by atoms with E-state index >= 15 is 0 Å². The molecule has 120 valence electrons. The Morgan fingerprint density at radius 1 is 1.38 bits per heavy atom. The predicted molar refractivity (Wildman–Crippen MR) is 92.3 cm³/mol. The van der Waals surface area contributed by atoms with E-state index in [2.05, 4.69) is 6.58 Å². The van der Waals surface area contributed by atoms with Crippen molar-refractivity contribution in [2.75, 3.05) is 12.3 Å². The molecule has 0 spiro atoms. The van der Waals surface area contributed by atoms with Gasteiger partial charge in [-0.15, -0.1) is 11.8 Å². The molecule has 1 aliphatic rings. The second kappa shape index (κ2) is 10.1. The van der Waals surface area contributed by atoms with Gasteiger partial charge in [0.05, 0.1) is 6.10 Å². The monoisotopic (exact) mass is 311 g/mol. The van der Waals surface area contributed by atoms with Crippen LogP contribution in [0.2, 0.25) is 0 Å². The second-order valence-corrected chi connectivity index (χ2v) is 6.79. The van der Waals surface area contributed by atoms with Gasteiger partial charge in [0.25, 0.3) is 0 Å². The van der Waals surface area contributed by atoms with E-state index in [0.29, 0.717) is 18.5 Å². The molecule has 0 aromatic heterocycles. The minimum absolute atomic E-state index is 0.107. The van der Waals surface area contributed by atoms with Gasteiger partial charge in [0, 0.05) is 16.2 Å². The van der Waals surface area contributed by atoms with E-state index in [4.69, 9.17) is 5.73 Å². The van der Waals surface area contributed by atoms with Gasteiger partial charge in [-0.1, -0.05) is 25.8 Å². The summed E-state index contributed by atoms with van der Waals surface area (Å²) in [5, 5.41) is 20.0. The molecule has 1 rings (SSSR count). The van der Waals surface area contributed by atoms with Crippen LogP contribution in [0.5, 0.6) is 0 Å². The zero-order chi connectivity index (χ0) is 15.7. The fourth-order valence-electron chi connectivity index (χ4n) is 2.61. The Bertz CT molecular complexity index is 384. The van der Waals surface area contributed by atoms with Gasteiger partial charge in [0.2, 0.25) is 0 Å². The number of hydrogen-bond donors (Lipinski definition) is 3. The molecule has 0 heterocycles. The number of thioether (sulfide) groups is 1. The summed E-state index contributed by atoms with van der Waals surface area (Å²) in [7, 11) is 0. The smallest absolute Gasteiger partial charge is 0.117 e. The van der Waals surface area contributed by atoms with Crippen molar-refractivity contribution in [3.63, 3.8) is 0 Å². The number of nitrogens with two attached hydrogens (primary N) is 1. The molecule has 0 aromatic carbocycles. The third-order valence-electron chi connectivity index (χ3n) is 3.91. The SMILES string of the molecule is C=C(/C=C(\C(O)=C/C)C(O)CCN)SCC1CCCCC1. The van der Waals surface area contributed by atoms with Crippen molar-refractivity contribution in [1.29, 1.82) is 0 Å². The maximum Gasteiger partial charge on any atom is 0.117 e. The summed E-state index contributed by atoms with van der Waals surface area (Å²) >= 11 is 1.72. The van der Waals surface area contributed by atoms with E-state index < -0.39 is 6.10 Å². The van der Waals surface area contributed by atoms with Crippen molar-refractivity contribution in [2.45, 2.75) is 51.6 Å².